The van der Waals surface area contributed by atoms with Crippen molar-refractivity contribution in [3.05, 3.63) is 76.3 Å². The second kappa shape index (κ2) is 6.75. The van der Waals surface area contributed by atoms with Gasteiger partial charge in [-0.15, -0.1) is 0 Å². The highest BCUT2D eigenvalue weighted by Crippen LogP contribution is 2.43. The maximum Gasteiger partial charge on any atom is 0.287 e. The van der Waals surface area contributed by atoms with E-state index in [1.165, 1.54) is 12.0 Å². The minimum atomic E-state index is -0.327. The zero-order valence-corrected chi connectivity index (χ0v) is 14.5. The van der Waals surface area contributed by atoms with Crippen molar-refractivity contribution in [2.75, 3.05) is 6.54 Å². The van der Waals surface area contributed by atoms with Crippen molar-refractivity contribution in [2.24, 2.45) is 5.41 Å². The van der Waals surface area contributed by atoms with Gasteiger partial charge in [-0.2, -0.15) is 0 Å². The number of para-hydroxylation sites is 1. The number of hydrogen-bond acceptors (Lipinski definition) is 3. The summed E-state index contributed by atoms with van der Waals surface area (Å²) >= 11 is 0. The first kappa shape index (κ1) is 16.5. The lowest BCUT2D eigenvalue weighted by Crippen LogP contribution is -2.44. The molecule has 0 spiro atoms. The van der Waals surface area contributed by atoms with Crippen molar-refractivity contribution in [2.45, 2.75) is 25.7 Å². The number of amides is 1. The number of nitrogens with zero attached hydrogens (tertiary/aromatic N) is 1. The van der Waals surface area contributed by atoms with Gasteiger partial charge in [0, 0.05) is 6.54 Å². The molecule has 0 bridgehead atoms. The van der Waals surface area contributed by atoms with Gasteiger partial charge >= 0.3 is 0 Å². The molecule has 1 aliphatic carbocycles. The van der Waals surface area contributed by atoms with Gasteiger partial charge in [0.25, 0.3) is 11.5 Å². The average Bonchev–Trinajstić information content (AvgIpc) is 2.64. The van der Waals surface area contributed by atoms with E-state index < -0.39 is 0 Å². The Labute approximate surface area is 151 Å². The molecular weight excluding hydrogens is 326 g/mol. The van der Waals surface area contributed by atoms with E-state index in [4.69, 9.17) is 0 Å². The Morgan fingerprint density at radius 1 is 1.08 bits per heavy atom. The number of nitrogens with one attached hydrogen (secondary N) is 2. The van der Waals surface area contributed by atoms with E-state index >= 15 is 0 Å². The summed E-state index contributed by atoms with van der Waals surface area (Å²) in [6, 6.07) is 17.4. The lowest BCUT2D eigenvalue weighted by atomic mass is 9.65. The zero-order valence-electron chi connectivity index (χ0n) is 14.5. The predicted octanol–water partition coefficient (Wildman–Crippen LogP) is 3.07. The predicted molar refractivity (Wildman–Crippen MR) is 101 cm³/mol. The molecule has 26 heavy (non-hydrogen) atoms. The molecule has 4 rings (SSSR count). The summed E-state index contributed by atoms with van der Waals surface area (Å²) in [6.07, 6.45) is 4.34. The zero-order chi connectivity index (χ0) is 18.0. The Morgan fingerprint density at radius 3 is 2.54 bits per heavy atom. The van der Waals surface area contributed by atoms with E-state index in [9.17, 15) is 9.59 Å². The standard InChI is InChI=1S/C21H21N3O2/c25-19-16-9-4-5-10-17(16)23-18(24-19)20(26)22-14-21(11-6-12-21)13-15-7-2-1-3-8-15/h1-5,7-10H,6,11-14H2,(H,22,26)(H,23,24,25). The van der Waals surface area contributed by atoms with Crippen molar-refractivity contribution in [3.63, 3.8) is 0 Å². The van der Waals surface area contributed by atoms with Gasteiger partial charge in [-0.25, -0.2) is 4.98 Å². The molecule has 2 aromatic carbocycles. The maximum atomic E-state index is 12.5. The Kier molecular flexibility index (Phi) is 4.29. The van der Waals surface area contributed by atoms with Crippen LogP contribution < -0.4 is 10.9 Å². The third-order valence-electron chi connectivity index (χ3n) is 5.29. The molecule has 1 aliphatic rings. The molecule has 0 radical (unpaired) electrons. The van der Waals surface area contributed by atoms with Gasteiger partial charge < -0.3 is 10.3 Å². The first-order chi connectivity index (χ1) is 12.7. The summed E-state index contributed by atoms with van der Waals surface area (Å²) in [4.78, 5) is 31.6. The fourth-order valence-electron chi connectivity index (χ4n) is 3.67. The van der Waals surface area contributed by atoms with Gasteiger partial charge in [0.2, 0.25) is 0 Å². The SMILES string of the molecule is O=C(NCC1(Cc2ccccc2)CCC1)c1nc2ccccc2c(=O)[nH]1. The molecule has 0 unspecified atom stereocenters. The lowest BCUT2D eigenvalue weighted by molar-refractivity contribution is 0.0850. The Hall–Kier alpha value is -2.95. The van der Waals surface area contributed by atoms with Crippen LogP contribution in [0, 0.1) is 5.41 Å². The molecule has 0 atom stereocenters. The molecule has 3 aromatic rings. The fourth-order valence-corrected chi connectivity index (χ4v) is 3.67. The molecule has 1 saturated carbocycles. The van der Waals surface area contributed by atoms with Crippen LogP contribution in [0.3, 0.4) is 0 Å². The van der Waals surface area contributed by atoms with Crippen LogP contribution in [0.15, 0.2) is 59.4 Å². The van der Waals surface area contributed by atoms with Gasteiger partial charge in [-0.1, -0.05) is 48.9 Å². The second-order valence-corrected chi connectivity index (χ2v) is 7.13. The summed E-state index contributed by atoms with van der Waals surface area (Å²) in [5.74, 6) is -0.255. The van der Waals surface area contributed by atoms with E-state index in [1.807, 2.05) is 18.2 Å². The van der Waals surface area contributed by atoms with Crippen molar-refractivity contribution in [1.82, 2.24) is 15.3 Å². The quantitative estimate of drug-likeness (QED) is 0.745. The number of rotatable bonds is 5. The Bertz CT molecular complexity index is 991. The first-order valence-electron chi connectivity index (χ1n) is 8.96. The van der Waals surface area contributed by atoms with E-state index in [0.29, 0.717) is 17.4 Å². The minimum Gasteiger partial charge on any atom is -0.349 e. The van der Waals surface area contributed by atoms with Crippen LogP contribution >= 0.6 is 0 Å². The monoisotopic (exact) mass is 347 g/mol. The Morgan fingerprint density at radius 2 is 1.81 bits per heavy atom. The topological polar surface area (TPSA) is 74.8 Å². The number of carbonyl (C=O) groups is 1. The molecule has 5 nitrogen and oxygen atoms in total. The minimum absolute atomic E-state index is 0.0721. The third-order valence-corrected chi connectivity index (χ3v) is 5.29. The van der Waals surface area contributed by atoms with Crippen molar-refractivity contribution < 1.29 is 4.79 Å². The average molecular weight is 347 g/mol. The summed E-state index contributed by atoms with van der Waals surface area (Å²) in [7, 11) is 0. The van der Waals surface area contributed by atoms with Gasteiger partial charge in [-0.3, -0.25) is 9.59 Å². The largest absolute Gasteiger partial charge is 0.349 e. The van der Waals surface area contributed by atoms with Crippen LogP contribution in [0.5, 0.6) is 0 Å². The highest BCUT2D eigenvalue weighted by Gasteiger charge is 2.37. The van der Waals surface area contributed by atoms with Crippen LogP contribution in [-0.2, 0) is 6.42 Å². The molecule has 1 amide bonds. The maximum absolute atomic E-state index is 12.5. The highest BCUT2D eigenvalue weighted by atomic mass is 16.2. The number of fused-ring (bicyclic) bond motifs is 1. The fraction of sp³-hybridized carbons (Fsp3) is 0.286. The number of aromatic nitrogens is 2. The Balaban J connectivity index is 1.49. The van der Waals surface area contributed by atoms with E-state index in [0.717, 1.165) is 19.3 Å². The molecule has 1 fully saturated rings. The van der Waals surface area contributed by atoms with Crippen LogP contribution in [0.2, 0.25) is 0 Å². The molecular formula is C21H21N3O2. The highest BCUT2D eigenvalue weighted by molar-refractivity contribution is 5.92. The molecule has 5 heteroatoms. The number of carbonyl (C=O) groups excluding carboxylic acids is 1. The van der Waals surface area contributed by atoms with E-state index in [1.54, 1.807) is 24.3 Å². The van der Waals surface area contributed by atoms with Crippen LogP contribution in [0.1, 0.15) is 35.4 Å². The van der Waals surface area contributed by atoms with Gasteiger partial charge in [0.1, 0.15) is 0 Å². The molecule has 132 valence electrons. The number of hydrogen-bond donors (Lipinski definition) is 2. The molecule has 0 aliphatic heterocycles. The second-order valence-electron chi connectivity index (χ2n) is 7.13. The van der Waals surface area contributed by atoms with Gasteiger partial charge in [0.05, 0.1) is 10.9 Å². The smallest absolute Gasteiger partial charge is 0.287 e. The third kappa shape index (κ3) is 3.25. The van der Waals surface area contributed by atoms with Crippen molar-refractivity contribution in [1.29, 1.82) is 0 Å². The summed E-state index contributed by atoms with van der Waals surface area (Å²) < 4.78 is 0. The van der Waals surface area contributed by atoms with Crippen LogP contribution in [0.4, 0.5) is 0 Å². The van der Waals surface area contributed by atoms with E-state index in [2.05, 4.69) is 27.4 Å². The van der Waals surface area contributed by atoms with Crippen molar-refractivity contribution in [3.8, 4) is 0 Å². The number of benzene rings is 2. The lowest BCUT2D eigenvalue weighted by Gasteiger charge is -2.42. The summed E-state index contributed by atoms with van der Waals surface area (Å²) in [5, 5.41) is 3.47. The van der Waals surface area contributed by atoms with E-state index in [-0.39, 0.29) is 22.7 Å². The normalized spacial score (nSPS) is 15.4. The van der Waals surface area contributed by atoms with Crippen LogP contribution in [-0.4, -0.2) is 22.4 Å². The molecule has 0 saturated heterocycles. The molecule has 1 heterocycles. The number of aromatic amines is 1. The van der Waals surface area contributed by atoms with Gasteiger partial charge in [-0.05, 0) is 42.4 Å². The summed E-state index contributed by atoms with van der Waals surface area (Å²) in [5.41, 5.74) is 1.64. The molecule has 1 aromatic heterocycles. The molecule has 2 N–H and O–H groups in total. The van der Waals surface area contributed by atoms with Gasteiger partial charge in [0.15, 0.2) is 5.82 Å². The van der Waals surface area contributed by atoms with Crippen molar-refractivity contribution >= 4 is 16.8 Å². The number of H-pyrrole nitrogens is 1. The van der Waals surface area contributed by atoms with Crippen LogP contribution in [0.25, 0.3) is 10.9 Å². The first-order valence-corrected chi connectivity index (χ1v) is 8.96. The summed E-state index contributed by atoms with van der Waals surface area (Å²) in [6.45, 7) is 0.595.